The van der Waals surface area contributed by atoms with Crippen LogP contribution in [0.2, 0.25) is 5.02 Å². The molecule has 1 amide bonds. The summed E-state index contributed by atoms with van der Waals surface area (Å²) in [5, 5.41) is 0.475. The molecule has 130 valence electrons. The maximum absolute atomic E-state index is 12.4. The van der Waals surface area contributed by atoms with Crippen LogP contribution in [0.25, 0.3) is 11.2 Å². The number of amides is 1. The number of rotatable bonds is 5. The van der Waals surface area contributed by atoms with Crippen LogP contribution in [-0.2, 0) is 4.74 Å². The number of aromatic nitrogens is 3. The van der Waals surface area contributed by atoms with Gasteiger partial charge in [-0.05, 0) is 19.3 Å². The van der Waals surface area contributed by atoms with E-state index in [1.165, 1.54) is 32.1 Å². The lowest BCUT2D eigenvalue weighted by atomic mass is 9.87. The summed E-state index contributed by atoms with van der Waals surface area (Å²) >= 11 is 6.28. The molecule has 0 aromatic carbocycles. The number of nitrogens with one attached hydrogen (secondary N) is 1. The van der Waals surface area contributed by atoms with E-state index >= 15 is 0 Å². The number of pyridine rings is 1. The summed E-state index contributed by atoms with van der Waals surface area (Å²) in [5.74, 6) is 1.17. The Hall–Kier alpha value is -1.82. The van der Waals surface area contributed by atoms with Crippen molar-refractivity contribution in [2.75, 3.05) is 18.1 Å². The van der Waals surface area contributed by atoms with Crippen LogP contribution in [0, 0.1) is 5.92 Å². The Kier molecular flexibility index (Phi) is 5.56. The summed E-state index contributed by atoms with van der Waals surface area (Å²) in [6.07, 6.45) is 8.50. The molecule has 0 radical (unpaired) electrons. The number of hydrogen-bond acceptors (Lipinski definition) is 4. The molecule has 1 fully saturated rings. The van der Waals surface area contributed by atoms with Gasteiger partial charge in [0.2, 0.25) is 0 Å². The minimum absolute atomic E-state index is 0.332. The Bertz CT molecular complexity index is 697. The first kappa shape index (κ1) is 17.0. The summed E-state index contributed by atoms with van der Waals surface area (Å²) in [6.45, 7) is 2.72. The van der Waals surface area contributed by atoms with E-state index in [0.717, 1.165) is 6.42 Å². The first-order valence-electron chi connectivity index (χ1n) is 8.63. The third-order valence-electron chi connectivity index (χ3n) is 4.58. The number of halogens is 1. The number of carbonyl (C=O) groups excluding carboxylic acids is 1. The highest BCUT2D eigenvalue weighted by molar-refractivity contribution is 6.35. The number of aromatic amines is 1. The highest BCUT2D eigenvalue weighted by atomic mass is 35.5. The van der Waals surface area contributed by atoms with E-state index in [2.05, 4.69) is 15.0 Å². The van der Waals surface area contributed by atoms with Crippen LogP contribution in [0.3, 0.4) is 0 Å². The molecule has 0 unspecified atom stereocenters. The van der Waals surface area contributed by atoms with Gasteiger partial charge in [0.25, 0.3) is 0 Å². The zero-order valence-corrected chi connectivity index (χ0v) is 14.7. The predicted molar refractivity (Wildman–Crippen MR) is 94.5 cm³/mol. The summed E-state index contributed by atoms with van der Waals surface area (Å²) in [7, 11) is 0. The second-order valence-electron chi connectivity index (χ2n) is 6.21. The van der Waals surface area contributed by atoms with Crippen molar-refractivity contribution in [3.8, 4) is 0 Å². The average Bonchev–Trinajstić information content (AvgIpc) is 3.05. The van der Waals surface area contributed by atoms with Gasteiger partial charge in [-0.1, -0.05) is 43.7 Å². The standard InChI is InChI=1S/C17H23ClN4O2/c1-2-24-17(23)22(9-8-12-6-4-3-5-7-12)14-10-13(18)15-16(21-14)20-11-19-15/h10-12H,2-9H2,1H3,(H,19,20,21). The molecule has 1 aliphatic carbocycles. The minimum Gasteiger partial charge on any atom is -0.449 e. The fraction of sp³-hybridized carbons (Fsp3) is 0.588. The van der Waals surface area contributed by atoms with Gasteiger partial charge in [-0.25, -0.2) is 14.8 Å². The molecule has 0 atom stereocenters. The van der Waals surface area contributed by atoms with Gasteiger partial charge >= 0.3 is 6.09 Å². The van der Waals surface area contributed by atoms with Crippen LogP contribution in [0.5, 0.6) is 0 Å². The van der Waals surface area contributed by atoms with Crippen molar-refractivity contribution in [1.29, 1.82) is 0 Å². The van der Waals surface area contributed by atoms with E-state index in [0.29, 0.717) is 41.1 Å². The lowest BCUT2D eigenvalue weighted by molar-refractivity contribution is 0.159. The summed E-state index contributed by atoms with van der Waals surface area (Å²) in [5.41, 5.74) is 1.18. The lowest BCUT2D eigenvalue weighted by Gasteiger charge is -2.26. The Morgan fingerprint density at radius 1 is 1.42 bits per heavy atom. The van der Waals surface area contributed by atoms with E-state index in [1.54, 1.807) is 24.2 Å². The van der Waals surface area contributed by atoms with Crippen molar-refractivity contribution in [3.05, 3.63) is 17.4 Å². The van der Waals surface area contributed by atoms with Gasteiger partial charge in [0.15, 0.2) is 5.65 Å². The van der Waals surface area contributed by atoms with Gasteiger partial charge in [-0.2, -0.15) is 0 Å². The van der Waals surface area contributed by atoms with Crippen LogP contribution >= 0.6 is 11.6 Å². The molecular formula is C17H23ClN4O2. The third kappa shape index (κ3) is 3.80. The highest BCUT2D eigenvalue weighted by Crippen LogP contribution is 2.29. The maximum atomic E-state index is 12.4. The molecule has 0 bridgehead atoms. The largest absolute Gasteiger partial charge is 0.449 e. The van der Waals surface area contributed by atoms with Gasteiger partial charge < -0.3 is 9.72 Å². The lowest BCUT2D eigenvalue weighted by Crippen LogP contribution is -2.34. The molecule has 24 heavy (non-hydrogen) atoms. The predicted octanol–water partition coefficient (Wildman–Crippen LogP) is 4.54. The molecule has 2 aromatic heterocycles. The van der Waals surface area contributed by atoms with Crippen LogP contribution < -0.4 is 4.90 Å². The van der Waals surface area contributed by atoms with E-state index in [4.69, 9.17) is 16.3 Å². The second kappa shape index (κ2) is 7.83. The number of ether oxygens (including phenoxy) is 1. The van der Waals surface area contributed by atoms with Crippen molar-refractivity contribution < 1.29 is 9.53 Å². The maximum Gasteiger partial charge on any atom is 0.415 e. The summed E-state index contributed by atoms with van der Waals surface area (Å²) in [4.78, 5) is 25.6. The quantitative estimate of drug-likeness (QED) is 0.859. The van der Waals surface area contributed by atoms with Crippen LogP contribution in [0.15, 0.2) is 12.4 Å². The van der Waals surface area contributed by atoms with Crippen molar-refractivity contribution in [2.24, 2.45) is 5.92 Å². The number of anilines is 1. The van der Waals surface area contributed by atoms with Crippen molar-refractivity contribution in [1.82, 2.24) is 15.0 Å². The van der Waals surface area contributed by atoms with Crippen LogP contribution in [0.1, 0.15) is 45.4 Å². The average molecular weight is 351 g/mol. The van der Waals surface area contributed by atoms with Gasteiger partial charge in [-0.3, -0.25) is 4.90 Å². The number of carbonyl (C=O) groups is 1. The van der Waals surface area contributed by atoms with Crippen molar-refractivity contribution in [3.63, 3.8) is 0 Å². The Morgan fingerprint density at radius 2 is 2.21 bits per heavy atom. The zero-order valence-electron chi connectivity index (χ0n) is 13.9. The van der Waals surface area contributed by atoms with E-state index in [-0.39, 0.29) is 6.09 Å². The van der Waals surface area contributed by atoms with Crippen LogP contribution in [-0.4, -0.2) is 34.2 Å². The SMILES string of the molecule is CCOC(=O)N(CCC1CCCCC1)c1cc(Cl)c2nc[nH]c2n1. The molecule has 0 spiro atoms. The number of hydrogen-bond donors (Lipinski definition) is 1. The normalized spacial score (nSPS) is 15.6. The molecule has 0 saturated heterocycles. The molecule has 7 heteroatoms. The van der Waals surface area contributed by atoms with Crippen molar-refractivity contribution >= 4 is 34.7 Å². The Balaban J connectivity index is 1.80. The first-order chi connectivity index (χ1) is 11.7. The molecule has 1 N–H and O–H groups in total. The molecule has 1 aliphatic rings. The Labute approximate surface area is 146 Å². The third-order valence-corrected chi connectivity index (χ3v) is 4.87. The molecule has 3 rings (SSSR count). The molecule has 1 saturated carbocycles. The number of nitrogens with zero attached hydrogens (tertiary/aromatic N) is 3. The van der Waals surface area contributed by atoms with E-state index in [9.17, 15) is 4.79 Å². The fourth-order valence-electron chi connectivity index (χ4n) is 3.30. The molecule has 6 nitrogen and oxygen atoms in total. The summed E-state index contributed by atoms with van der Waals surface area (Å²) in [6, 6.07) is 1.68. The van der Waals surface area contributed by atoms with Gasteiger partial charge in [0.1, 0.15) is 11.3 Å². The fourth-order valence-corrected chi connectivity index (χ4v) is 3.54. The molecular weight excluding hydrogens is 328 g/mol. The minimum atomic E-state index is -0.379. The molecule has 2 heterocycles. The monoisotopic (exact) mass is 350 g/mol. The van der Waals surface area contributed by atoms with Gasteiger partial charge in [0, 0.05) is 12.6 Å². The molecule has 0 aliphatic heterocycles. The van der Waals surface area contributed by atoms with Crippen molar-refractivity contribution in [2.45, 2.75) is 45.4 Å². The highest BCUT2D eigenvalue weighted by Gasteiger charge is 2.22. The smallest absolute Gasteiger partial charge is 0.415 e. The summed E-state index contributed by atoms with van der Waals surface area (Å²) < 4.78 is 5.21. The van der Waals surface area contributed by atoms with E-state index in [1.807, 2.05) is 0 Å². The van der Waals surface area contributed by atoms with Crippen LogP contribution in [0.4, 0.5) is 10.6 Å². The number of fused-ring (bicyclic) bond motifs is 1. The molecule has 2 aromatic rings. The van der Waals surface area contributed by atoms with E-state index < -0.39 is 0 Å². The number of H-pyrrole nitrogens is 1. The topological polar surface area (TPSA) is 71.1 Å². The first-order valence-corrected chi connectivity index (χ1v) is 9.00. The second-order valence-corrected chi connectivity index (χ2v) is 6.61. The zero-order chi connectivity index (χ0) is 16.9. The van der Waals surface area contributed by atoms with Gasteiger partial charge in [0.05, 0.1) is 18.0 Å². The number of imidazole rings is 1. The Morgan fingerprint density at radius 3 is 2.96 bits per heavy atom. The van der Waals surface area contributed by atoms with Gasteiger partial charge in [-0.15, -0.1) is 0 Å².